The molecule has 0 aliphatic heterocycles. The van der Waals surface area contributed by atoms with Crippen molar-refractivity contribution in [2.75, 3.05) is 0 Å². The second-order valence-electron chi connectivity index (χ2n) is 6.76. The van der Waals surface area contributed by atoms with Gasteiger partial charge in [-0.3, -0.25) is 4.79 Å². The van der Waals surface area contributed by atoms with Gasteiger partial charge in [0.1, 0.15) is 0 Å². The summed E-state index contributed by atoms with van der Waals surface area (Å²) in [6.45, 7) is 4.58. The highest BCUT2D eigenvalue weighted by molar-refractivity contribution is 5.98. The number of hydrogen-bond acceptors (Lipinski definition) is 1. The first-order valence-corrected chi connectivity index (χ1v) is 6.95. The third-order valence-corrected chi connectivity index (χ3v) is 5.22. The van der Waals surface area contributed by atoms with E-state index in [1.807, 2.05) is 6.08 Å². The summed E-state index contributed by atoms with van der Waals surface area (Å²) in [7, 11) is 0. The van der Waals surface area contributed by atoms with Gasteiger partial charge in [-0.15, -0.1) is 0 Å². The summed E-state index contributed by atoms with van der Waals surface area (Å²) in [5.41, 5.74) is 3.25. The number of rotatable bonds is 0. The molecule has 1 fully saturated rings. The molecule has 1 heteroatoms. The molecule has 17 heavy (non-hydrogen) atoms. The number of fused-ring (bicyclic) bond motifs is 3. The highest BCUT2D eigenvalue weighted by atomic mass is 16.1. The van der Waals surface area contributed by atoms with E-state index in [9.17, 15) is 4.79 Å². The van der Waals surface area contributed by atoms with E-state index in [1.165, 1.54) is 31.3 Å². The van der Waals surface area contributed by atoms with Gasteiger partial charge in [0.15, 0.2) is 5.78 Å². The van der Waals surface area contributed by atoms with Gasteiger partial charge in [-0.1, -0.05) is 31.1 Å². The molecule has 0 N–H and O–H groups in total. The van der Waals surface area contributed by atoms with Gasteiger partial charge in [0.25, 0.3) is 0 Å². The van der Waals surface area contributed by atoms with Gasteiger partial charge in [-0.25, -0.2) is 0 Å². The first kappa shape index (κ1) is 11.3. The highest BCUT2D eigenvalue weighted by Gasteiger charge is 2.44. The number of carbonyl (C=O) groups excluding carboxylic acids is 1. The van der Waals surface area contributed by atoms with Crippen molar-refractivity contribution in [3.05, 3.63) is 23.3 Å². The molecule has 3 rings (SSSR count). The van der Waals surface area contributed by atoms with E-state index in [0.717, 1.165) is 19.3 Å². The number of hydrogen-bond donors (Lipinski definition) is 0. The van der Waals surface area contributed by atoms with Crippen LogP contribution in [0.3, 0.4) is 0 Å². The van der Waals surface area contributed by atoms with Gasteiger partial charge in [0, 0.05) is 5.41 Å². The standard InChI is InChI=1S/C16H22O/c1-15-7-4-3-5-13(15)11-16(2)10-12(6-8-15)9-14(16)17/h5,9H,3-4,6-8,10-11H2,1-2H3/t15-,16-/m0/s1. The van der Waals surface area contributed by atoms with Crippen molar-refractivity contribution >= 4 is 5.78 Å². The maximum atomic E-state index is 12.2. The van der Waals surface area contributed by atoms with E-state index in [1.54, 1.807) is 5.57 Å². The van der Waals surface area contributed by atoms with E-state index < -0.39 is 0 Å². The largest absolute Gasteiger partial charge is 0.294 e. The van der Waals surface area contributed by atoms with Crippen molar-refractivity contribution < 1.29 is 4.79 Å². The van der Waals surface area contributed by atoms with Crippen molar-refractivity contribution in [2.45, 2.75) is 58.8 Å². The molecule has 3 aliphatic carbocycles. The Morgan fingerprint density at radius 1 is 1.12 bits per heavy atom. The summed E-state index contributed by atoms with van der Waals surface area (Å²) in [5.74, 6) is 0.378. The van der Waals surface area contributed by atoms with Crippen LogP contribution in [0.2, 0.25) is 0 Å². The molecule has 0 unspecified atom stereocenters. The molecule has 2 bridgehead atoms. The van der Waals surface area contributed by atoms with Gasteiger partial charge in [-0.05, 0) is 56.4 Å². The smallest absolute Gasteiger partial charge is 0.162 e. The quantitative estimate of drug-likeness (QED) is 0.570. The highest BCUT2D eigenvalue weighted by Crippen LogP contribution is 2.52. The molecule has 0 heterocycles. The van der Waals surface area contributed by atoms with Crippen LogP contribution in [0.25, 0.3) is 0 Å². The van der Waals surface area contributed by atoms with Crippen LogP contribution in [0.4, 0.5) is 0 Å². The maximum absolute atomic E-state index is 12.2. The maximum Gasteiger partial charge on any atom is 0.162 e. The predicted molar refractivity (Wildman–Crippen MR) is 69.7 cm³/mol. The number of allylic oxidation sites excluding steroid dienone is 4. The summed E-state index contributed by atoms with van der Waals surface area (Å²) in [6.07, 6.45) is 12.6. The van der Waals surface area contributed by atoms with Gasteiger partial charge in [0.05, 0.1) is 0 Å². The van der Waals surface area contributed by atoms with Crippen LogP contribution in [0.15, 0.2) is 23.3 Å². The van der Waals surface area contributed by atoms with Crippen molar-refractivity contribution in [1.82, 2.24) is 0 Å². The van der Waals surface area contributed by atoms with Crippen LogP contribution in [0.1, 0.15) is 58.8 Å². The molecule has 0 aromatic rings. The normalized spacial score (nSPS) is 41.2. The van der Waals surface area contributed by atoms with Gasteiger partial charge in [0.2, 0.25) is 0 Å². The Hall–Kier alpha value is -0.850. The Kier molecular flexibility index (Phi) is 2.36. The molecule has 0 aromatic heterocycles. The Morgan fingerprint density at radius 3 is 2.76 bits per heavy atom. The minimum Gasteiger partial charge on any atom is -0.294 e. The van der Waals surface area contributed by atoms with E-state index in [0.29, 0.717) is 11.2 Å². The second-order valence-corrected chi connectivity index (χ2v) is 6.76. The van der Waals surface area contributed by atoms with E-state index in [2.05, 4.69) is 19.9 Å². The third-order valence-electron chi connectivity index (χ3n) is 5.22. The fourth-order valence-electron chi connectivity index (χ4n) is 3.91. The van der Waals surface area contributed by atoms with Crippen molar-refractivity contribution in [2.24, 2.45) is 10.8 Å². The summed E-state index contributed by atoms with van der Waals surface area (Å²) < 4.78 is 0. The molecule has 1 nitrogen and oxygen atoms in total. The zero-order valence-corrected chi connectivity index (χ0v) is 11.0. The van der Waals surface area contributed by atoms with Crippen molar-refractivity contribution in [3.8, 4) is 0 Å². The zero-order valence-electron chi connectivity index (χ0n) is 11.0. The SMILES string of the molecule is C[C@@]12CC(=CC1=O)CC[C@]1(C)CCCC=C1C2. The monoisotopic (exact) mass is 230 g/mol. The Balaban J connectivity index is 2.00. The molecule has 3 aliphatic rings. The molecule has 0 aromatic carbocycles. The minimum atomic E-state index is -0.111. The summed E-state index contributed by atoms with van der Waals surface area (Å²) in [5, 5.41) is 0. The molecular weight excluding hydrogens is 208 g/mol. The summed E-state index contributed by atoms with van der Waals surface area (Å²) >= 11 is 0. The molecule has 92 valence electrons. The van der Waals surface area contributed by atoms with Crippen LogP contribution in [0.5, 0.6) is 0 Å². The Morgan fingerprint density at radius 2 is 1.94 bits per heavy atom. The average Bonchev–Trinajstić information content (AvgIpc) is 2.56. The van der Waals surface area contributed by atoms with Crippen molar-refractivity contribution in [1.29, 1.82) is 0 Å². The van der Waals surface area contributed by atoms with Crippen LogP contribution in [-0.4, -0.2) is 5.78 Å². The Bertz CT molecular complexity index is 429. The van der Waals surface area contributed by atoms with Crippen LogP contribution < -0.4 is 0 Å². The summed E-state index contributed by atoms with van der Waals surface area (Å²) in [4.78, 5) is 12.2. The van der Waals surface area contributed by atoms with Gasteiger partial charge in [-0.2, -0.15) is 0 Å². The van der Waals surface area contributed by atoms with E-state index in [-0.39, 0.29) is 5.41 Å². The third kappa shape index (κ3) is 1.71. The van der Waals surface area contributed by atoms with E-state index >= 15 is 0 Å². The lowest BCUT2D eigenvalue weighted by Crippen LogP contribution is -2.31. The minimum absolute atomic E-state index is 0.111. The molecule has 0 radical (unpaired) electrons. The van der Waals surface area contributed by atoms with Crippen LogP contribution in [-0.2, 0) is 4.79 Å². The number of ketones is 1. The van der Waals surface area contributed by atoms with Gasteiger partial charge < -0.3 is 0 Å². The molecule has 2 atom stereocenters. The lowest BCUT2D eigenvalue weighted by molar-refractivity contribution is -0.122. The predicted octanol–water partition coefficient (Wildman–Crippen LogP) is 4.19. The first-order valence-electron chi connectivity index (χ1n) is 6.95. The van der Waals surface area contributed by atoms with Crippen LogP contribution >= 0.6 is 0 Å². The van der Waals surface area contributed by atoms with Crippen molar-refractivity contribution in [3.63, 3.8) is 0 Å². The molecular formula is C16H22O. The van der Waals surface area contributed by atoms with E-state index in [4.69, 9.17) is 0 Å². The average molecular weight is 230 g/mol. The lowest BCUT2D eigenvalue weighted by Gasteiger charge is -2.41. The molecule has 0 spiro atoms. The molecule has 0 saturated heterocycles. The van der Waals surface area contributed by atoms with Gasteiger partial charge >= 0.3 is 0 Å². The van der Waals surface area contributed by atoms with Crippen LogP contribution in [0, 0.1) is 10.8 Å². The lowest BCUT2D eigenvalue weighted by atomic mass is 9.63. The molecule has 1 saturated carbocycles. The first-order chi connectivity index (χ1) is 8.02. The fraction of sp³-hybridized carbons (Fsp3) is 0.688. The number of carbonyl (C=O) groups is 1. The fourth-order valence-corrected chi connectivity index (χ4v) is 3.91. The second kappa shape index (κ2) is 3.57. The molecule has 0 amide bonds. The summed E-state index contributed by atoms with van der Waals surface area (Å²) in [6, 6.07) is 0. The topological polar surface area (TPSA) is 17.1 Å². The Labute approximate surface area is 104 Å². The zero-order chi connectivity index (χ0) is 12.1.